The highest BCUT2D eigenvalue weighted by molar-refractivity contribution is 5.88. The van der Waals surface area contributed by atoms with E-state index in [1.165, 1.54) is 13.1 Å². The van der Waals surface area contributed by atoms with Gasteiger partial charge in [-0.15, -0.1) is 5.10 Å². The van der Waals surface area contributed by atoms with E-state index in [2.05, 4.69) is 15.4 Å². The zero-order valence-electron chi connectivity index (χ0n) is 20.5. The summed E-state index contributed by atoms with van der Waals surface area (Å²) in [7, 11) is 0. The van der Waals surface area contributed by atoms with Crippen molar-refractivity contribution in [2.75, 3.05) is 6.54 Å². The van der Waals surface area contributed by atoms with Crippen LogP contribution in [-0.4, -0.2) is 56.2 Å². The maximum Gasteiger partial charge on any atom is 0.437 e. The number of pyridine rings is 1. The van der Waals surface area contributed by atoms with Crippen molar-refractivity contribution in [3.63, 3.8) is 0 Å². The highest BCUT2D eigenvalue weighted by Gasteiger charge is 2.46. The number of benzene rings is 1. The minimum atomic E-state index is -2.65. The fraction of sp³-hybridized carbons (Fsp3) is 0.423. The molecule has 3 heterocycles. The molecule has 0 spiro atoms. The quantitative estimate of drug-likeness (QED) is 0.504. The summed E-state index contributed by atoms with van der Waals surface area (Å²) in [5.74, 6) is -4.88. The summed E-state index contributed by atoms with van der Waals surface area (Å²) >= 11 is 0. The van der Waals surface area contributed by atoms with E-state index in [0.29, 0.717) is 16.8 Å². The number of hydrogen-bond donors (Lipinski definition) is 1. The highest BCUT2D eigenvalue weighted by atomic mass is 19.3. The second-order valence-electron chi connectivity index (χ2n) is 9.77. The van der Waals surface area contributed by atoms with Crippen molar-refractivity contribution in [1.82, 2.24) is 25.0 Å². The molecule has 1 saturated heterocycles. The average molecular weight is 530 g/mol. The predicted molar refractivity (Wildman–Crippen MR) is 128 cm³/mol. The van der Waals surface area contributed by atoms with E-state index >= 15 is 0 Å². The Morgan fingerprint density at radius 1 is 1.18 bits per heavy atom. The molecule has 200 valence electrons. The van der Waals surface area contributed by atoms with E-state index in [1.54, 1.807) is 36.4 Å². The number of likely N-dealkylation sites (tertiary alicyclic amines) is 1. The first-order valence-electron chi connectivity index (χ1n) is 12.3. The number of halogens is 3. The molecule has 38 heavy (non-hydrogen) atoms. The summed E-state index contributed by atoms with van der Waals surface area (Å²) in [6.07, 6.45) is -0.517. The van der Waals surface area contributed by atoms with Gasteiger partial charge in [-0.25, -0.2) is 18.0 Å². The molecule has 2 aromatic heterocycles. The lowest BCUT2D eigenvalue weighted by Gasteiger charge is -2.35. The summed E-state index contributed by atoms with van der Waals surface area (Å²) in [5, 5.41) is 6.70. The van der Waals surface area contributed by atoms with Crippen molar-refractivity contribution in [2.45, 2.75) is 62.8 Å². The van der Waals surface area contributed by atoms with Crippen LogP contribution in [0.4, 0.5) is 13.2 Å². The first-order valence-corrected chi connectivity index (χ1v) is 12.3. The molecule has 2 amide bonds. The summed E-state index contributed by atoms with van der Waals surface area (Å²) in [6, 6.07) is 10.6. The third kappa shape index (κ3) is 5.34. The van der Waals surface area contributed by atoms with Gasteiger partial charge in [-0.1, -0.05) is 36.4 Å². The van der Waals surface area contributed by atoms with Gasteiger partial charge in [0.2, 0.25) is 23.6 Å². The molecule has 0 radical (unpaired) electrons. The van der Waals surface area contributed by atoms with Gasteiger partial charge in [0.15, 0.2) is 0 Å². The lowest BCUT2D eigenvalue weighted by atomic mass is 9.77. The van der Waals surface area contributed by atoms with Gasteiger partial charge in [-0.05, 0) is 23.1 Å². The van der Waals surface area contributed by atoms with Gasteiger partial charge in [-0.2, -0.15) is 4.68 Å². The van der Waals surface area contributed by atoms with E-state index < -0.39 is 48.3 Å². The van der Waals surface area contributed by atoms with E-state index in [4.69, 9.17) is 4.42 Å². The molecule has 9 nitrogen and oxygen atoms in total. The average Bonchev–Trinajstić information content (AvgIpc) is 3.42. The van der Waals surface area contributed by atoms with Gasteiger partial charge in [0.25, 0.3) is 0 Å². The minimum absolute atomic E-state index is 0.0807. The number of carbonyl (C=O) groups is 2. The van der Waals surface area contributed by atoms with Gasteiger partial charge < -0.3 is 14.6 Å². The van der Waals surface area contributed by atoms with Crippen molar-refractivity contribution in [3.8, 4) is 0 Å². The Balaban J connectivity index is 1.35. The maximum absolute atomic E-state index is 14.4. The van der Waals surface area contributed by atoms with E-state index in [9.17, 15) is 27.6 Å². The molecule has 3 unspecified atom stereocenters. The molecule has 0 bridgehead atoms. The molecule has 3 atom stereocenters. The number of nitrogens with zero attached hydrogens (tertiary/aromatic N) is 4. The van der Waals surface area contributed by atoms with Crippen LogP contribution >= 0.6 is 0 Å². The summed E-state index contributed by atoms with van der Waals surface area (Å²) in [6.45, 7) is 0.674. The number of aryl methyl sites for hydroxylation is 1. The van der Waals surface area contributed by atoms with Crippen molar-refractivity contribution in [3.05, 3.63) is 81.9 Å². The van der Waals surface area contributed by atoms with Crippen molar-refractivity contribution < 1.29 is 27.2 Å². The van der Waals surface area contributed by atoms with E-state index in [0.717, 1.165) is 9.58 Å². The molecule has 3 aromatic rings. The lowest BCUT2D eigenvalue weighted by Crippen LogP contribution is -2.48. The van der Waals surface area contributed by atoms with E-state index in [-0.39, 0.29) is 37.6 Å². The van der Waals surface area contributed by atoms with Crippen LogP contribution in [0.25, 0.3) is 0 Å². The standard InChI is InChI=1S/C26H26F3N5O4/c1-15-32-34(25(37)38-15)14-22(35)33-13-19(27)9-21(33)24(36)31-23(16-5-3-2-4-6-16)20-8-7-17(12-30-20)18-10-26(28,29)11-18/h2-8,12,18-19,21,23H,9-11,13-14H2,1H3,(H,31,36). The molecular formula is C26H26F3N5O4. The zero-order chi connectivity index (χ0) is 27.0. The van der Waals surface area contributed by atoms with Crippen LogP contribution in [0.1, 0.15) is 53.9 Å². The lowest BCUT2D eigenvalue weighted by molar-refractivity contribution is -0.139. The highest BCUT2D eigenvalue weighted by Crippen LogP contribution is 2.48. The SMILES string of the molecule is Cc1nn(CC(=O)N2CC(F)CC2C(=O)NC(c2ccccc2)c2ccc(C3CC(F)(F)C3)cn2)c(=O)o1. The fourth-order valence-corrected chi connectivity index (χ4v) is 4.98. The Morgan fingerprint density at radius 3 is 2.53 bits per heavy atom. The molecule has 5 rings (SSSR count). The van der Waals surface area contributed by atoms with Crippen LogP contribution in [0, 0.1) is 6.92 Å². The first-order chi connectivity index (χ1) is 18.1. The van der Waals surface area contributed by atoms with Crippen LogP contribution in [-0.2, 0) is 16.1 Å². The van der Waals surface area contributed by atoms with Crippen LogP contribution in [0.5, 0.6) is 0 Å². The van der Waals surface area contributed by atoms with Crippen LogP contribution in [0.3, 0.4) is 0 Å². The number of nitrogens with one attached hydrogen (secondary N) is 1. The largest absolute Gasteiger partial charge is 0.437 e. The number of aromatic nitrogens is 3. The van der Waals surface area contributed by atoms with Gasteiger partial charge in [0.1, 0.15) is 18.8 Å². The number of carbonyl (C=O) groups excluding carboxylic acids is 2. The monoisotopic (exact) mass is 529 g/mol. The van der Waals surface area contributed by atoms with Crippen molar-refractivity contribution in [2.24, 2.45) is 0 Å². The smallest absolute Gasteiger partial charge is 0.393 e. The first kappa shape index (κ1) is 25.7. The fourth-order valence-electron chi connectivity index (χ4n) is 4.98. The third-order valence-corrected chi connectivity index (χ3v) is 6.95. The number of alkyl halides is 3. The molecule has 1 aliphatic heterocycles. The molecule has 2 aliphatic rings. The summed E-state index contributed by atoms with van der Waals surface area (Å²) in [5.41, 5.74) is 1.87. The van der Waals surface area contributed by atoms with Gasteiger partial charge in [0, 0.05) is 32.4 Å². The molecular weight excluding hydrogens is 503 g/mol. The molecule has 1 aromatic carbocycles. The van der Waals surface area contributed by atoms with Gasteiger partial charge in [-0.3, -0.25) is 14.6 Å². The Labute approximate surface area is 215 Å². The topological polar surface area (TPSA) is 110 Å². The maximum atomic E-state index is 14.4. The second kappa shape index (κ2) is 10.1. The van der Waals surface area contributed by atoms with Crippen molar-refractivity contribution in [1.29, 1.82) is 0 Å². The summed E-state index contributed by atoms with van der Waals surface area (Å²) < 4.78 is 46.7. The minimum Gasteiger partial charge on any atom is -0.393 e. The van der Waals surface area contributed by atoms with Crippen LogP contribution in [0.2, 0.25) is 0 Å². The molecule has 1 saturated carbocycles. The molecule has 1 aliphatic carbocycles. The Kier molecular flexibility index (Phi) is 6.80. The zero-order valence-corrected chi connectivity index (χ0v) is 20.5. The second-order valence-corrected chi connectivity index (χ2v) is 9.77. The summed E-state index contributed by atoms with van der Waals surface area (Å²) in [4.78, 5) is 43.7. The predicted octanol–water partition coefficient (Wildman–Crippen LogP) is 2.90. The number of amides is 2. The Hall–Kier alpha value is -3.96. The molecule has 2 fully saturated rings. The number of rotatable bonds is 7. The van der Waals surface area contributed by atoms with Crippen LogP contribution < -0.4 is 11.1 Å². The van der Waals surface area contributed by atoms with Gasteiger partial charge >= 0.3 is 5.76 Å². The Bertz CT molecular complexity index is 1370. The number of hydrogen-bond acceptors (Lipinski definition) is 6. The van der Waals surface area contributed by atoms with Crippen LogP contribution in [0.15, 0.2) is 57.9 Å². The molecule has 1 N–H and O–H groups in total. The third-order valence-electron chi connectivity index (χ3n) is 6.95. The molecule has 12 heteroatoms. The van der Waals surface area contributed by atoms with Gasteiger partial charge in [0.05, 0.1) is 18.3 Å². The van der Waals surface area contributed by atoms with E-state index in [1.807, 2.05) is 6.07 Å². The Morgan fingerprint density at radius 2 is 1.92 bits per heavy atom. The normalized spacial score (nSPS) is 21.6. The van der Waals surface area contributed by atoms with Crippen molar-refractivity contribution >= 4 is 11.8 Å².